The van der Waals surface area contributed by atoms with Crippen molar-refractivity contribution < 1.29 is 0 Å². The molecule has 64 valence electrons. The highest BCUT2D eigenvalue weighted by Gasteiger charge is 1.98. The fourth-order valence-electron chi connectivity index (χ4n) is 1.09. The molecule has 0 saturated carbocycles. The van der Waals surface area contributed by atoms with E-state index in [-0.39, 0.29) is 0 Å². The molecule has 0 aromatic carbocycles. The van der Waals surface area contributed by atoms with Crippen LogP contribution in [-0.2, 0) is 0 Å². The van der Waals surface area contributed by atoms with Crippen LogP contribution in [-0.4, -0.2) is 4.98 Å². The van der Waals surface area contributed by atoms with Gasteiger partial charge in [-0.3, -0.25) is 4.98 Å². The smallest absolute Gasteiger partial charge is 0.0656 e. The zero-order valence-corrected chi connectivity index (χ0v) is 7.96. The predicted molar refractivity (Wildman–Crippen MR) is 53.2 cm³/mol. The largest absolute Gasteiger partial charge is 0.253 e. The second-order valence-corrected chi connectivity index (χ2v) is 3.22. The Labute approximate surface area is 73.5 Å². The summed E-state index contributed by atoms with van der Waals surface area (Å²) in [7, 11) is 0. The first-order chi connectivity index (χ1) is 5.65. The standard InChI is InChI=1S/C11H15N/c1-5-10-9(4)6-7-11(12-10)8(2)3/h5-8H,4H2,1-3H3/b10-5+. The number of pyridine rings is 1. The summed E-state index contributed by atoms with van der Waals surface area (Å²) in [5.41, 5.74) is 1.13. The van der Waals surface area contributed by atoms with E-state index in [1.807, 2.05) is 25.1 Å². The number of rotatable bonds is 1. The van der Waals surface area contributed by atoms with Crippen LogP contribution >= 0.6 is 0 Å². The highest BCUT2D eigenvalue weighted by Crippen LogP contribution is 2.06. The van der Waals surface area contributed by atoms with E-state index >= 15 is 0 Å². The van der Waals surface area contributed by atoms with E-state index in [2.05, 4.69) is 25.4 Å². The van der Waals surface area contributed by atoms with Gasteiger partial charge in [0.1, 0.15) is 0 Å². The van der Waals surface area contributed by atoms with Gasteiger partial charge in [0.25, 0.3) is 0 Å². The lowest BCUT2D eigenvalue weighted by atomic mass is 10.1. The Balaban J connectivity index is 3.34. The van der Waals surface area contributed by atoms with Crippen molar-refractivity contribution in [1.29, 1.82) is 0 Å². The van der Waals surface area contributed by atoms with Crippen molar-refractivity contribution in [3.63, 3.8) is 0 Å². The lowest BCUT2D eigenvalue weighted by molar-refractivity contribution is 0.815. The summed E-state index contributed by atoms with van der Waals surface area (Å²) in [5.74, 6) is 0.490. The molecule has 0 aliphatic heterocycles. The first-order valence-electron chi connectivity index (χ1n) is 4.27. The zero-order chi connectivity index (χ0) is 9.14. The van der Waals surface area contributed by atoms with E-state index in [1.54, 1.807) is 0 Å². The molecule has 0 unspecified atom stereocenters. The molecule has 0 radical (unpaired) electrons. The molecular formula is C11H15N. The van der Waals surface area contributed by atoms with Gasteiger partial charge in [-0.15, -0.1) is 0 Å². The van der Waals surface area contributed by atoms with Gasteiger partial charge < -0.3 is 0 Å². The number of aromatic nitrogens is 1. The molecule has 1 aromatic heterocycles. The Hall–Kier alpha value is -1.11. The Morgan fingerprint density at radius 3 is 2.58 bits per heavy atom. The van der Waals surface area contributed by atoms with Gasteiger partial charge in [0, 0.05) is 5.69 Å². The van der Waals surface area contributed by atoms with E-state index in [9.17, 15) is 0 Å². The van der Waals surface area contributed by atoms with Crippen LogP contribution < -0.4 is 10.6 Å². The Morgan fingerprint density at radius 1 is 1.42 bits per heavy atom. The van der Waals surface area contributed by atoms with Crippen LogP contribution in [0.4, 0.5) is 0 Å². The van der Waals surface area contributed by atoms with Crippen LogP contribution in [0.2, 0.25) is 0 Å². The van der Waals surface area contributed by atoms with Crippen LogP contribution in [0.25, 0.3) is 12.7 Å². The molecule has 12 heavy (non-hydrogen) atoms. The lowest BCUT2D eigenvalue weighted by Crippen LogP contribution is -2.27. The van der Waals surface area contributed by atoms with Gasteiger partial charge in [-0.2, -0.15) is 0 Å². The molecule has 0 spiro atoms. The Kier molecular flexibility index (Phi) is 2.64. The van der Waals surface area contributed by atoms with Gasteiger partial charge >= 0.3 is 0 Å². The normalized spacial score (nSPS) is 12.5. The molecule has 0 N–H and O–H groups in total. The van der Waals surface area contributed by atoms with Crippen LogP contribution in [0.5, 0.6) is 0 Å². The Bertz CT molecular complexity index is 363. The van der Waals surface area contributed by atoms with Crippen LogP contribution in [0.1, 0.15) is 32.4 Å². The van der Waals surface area contributed by atoms with Crippen LogP contribution in [0, 0.1) is 0 Å². The third-order valence-corrected chi connectivity index (χ3v) is 1.90. The quantitative estimate of drug-likeness (QED) is 0.607. The summed E-state index contributed by atoms with van der Waals surface area (Å²) < 4.78 is 0. The third-order valence-electron chi connectivity index (χ3n) is 1.90. The van der Waals surface area contributed by atoms with Crippen molar-refractivity contribution >= 4 is 12.7 Å². The molecule has 0 atom stereocenters. The molecule has 0 saturated heterocycles. The van der Waals surface area contributed by atoms with Gasteiger partial charge in [-0.25, -0.2) is 0 Å². The van der Waals surface area contributed by atoms with E-state index in [1.165, 1.54) is 0 Å². The molecule has 0 fully saturated rings. The van der Waals surface area contributed by atoms with E-state index < -0.39 is 0 Å². The van der Waals surface area contributed by atoms with Gasteiger partial charge in [-0.05, 0) is 24.1 Å². The predicted octanol–water partition coefficient (Wildman–Crippen LogP) is 1.42. The third kappa shape index (κ3) is 1.73. The average molecular weight is 161 g/mol. The van der Waals surface area contributed by atoms with Crippen molar-refractivity contribution in [2.24, 2.45) is 0 Å². The maximum Gasteiger partial charge on any atom is 0.0656 e. The first kappa shape index (κ1) is 8.98. The molecule has 1 aromatic rings. The number of hydrogen-bond donors (Lipinski definition) is 0. The van der Waals surface area contributed by atoms with Crippen molar-refractivity contribution in [2.75, 3.05) is 0 Å². The monoisotopic (exact) mass is 161 g/mol. The van der Waals surface area contributed by atoms with Crippen molar-refractivity contribution in [3.8, 4) is 0 Å². The topological polar surface area (TPSA) is 12.9 Å². The summed E-state index contributed by atoms with van der Waals surface area (Å²) in [6.07, 6.45) is 1.99. The zero-order valence-electron chi connectivity index (χ0n) is 7.96. The Morgan fingerprint density at radius 2 is 2.08 bits per heavy atom. The minimum atomic E-state index is 0.490. The van der Waals surface area contributed by atoms with Gasteiger partial charge in [0.15, 0.2) is 0 Å². The fraction of sp³-hybridized carbons (Fsp3) is 0.364. The molecule has 1 heteroatoms. The molecule has 1 rings (SSSR count). The van der Waals surface area contributed by atoms with Crippen molar-refractivity contribution in [1.82, 2.24) is 4.98 Å². The maximum absolute atomic E-state index is 4.47. The molecule has 0 aliphatic rings. The SMILES string of the molecule is C=c1ccc(C(C)C)n/c1=C/C. The first-order valence-corrected chi connectivity index (χ1v) is 4.27. The van der Waals surface area contributed by atoms with Gasteiger partial charge in [-0.1, -0.05) is 32.6 Å². The minimum absolute atomic E-state index is 0.490. The molecule has 0 amide bonds. The average Bonchev–Trinajstić information content (AvgIpc) is 2.05. The second-order valence-electron chi connectivity index (χ2n) is 3.22. The summed E-state index contributed by atoms with van der Waals surface area (Å²) in [4.78, 5) is 4.47. The molecule has 1 heterocycles. The fourth-order valence-corrected chi connectivity index (χ4v) is 1.09. The summed E-state index contributed by atoms with van der Waals surface area (Å²) in [6.45, 7) is 10.2. The van der Waals surface area contributed by atoms with Gasteiger partial charge in [0.2, 0.25) is 0 Å². The van der Waals surface area contributed by atoms with E-state index in [0.717, 1.165) is 16.3 Å². The maximum atomic E-state index is 4.47. The second kappa shape index (κ2) is 3.53. The summed E-state index contributed by atoms with van der Waals surface area (Å²) in [5, 5.41) is 2.00. The minimum Gasteiger partial charge on any atom is -0.253 e. The highest BCUT2D eigenvalue weighted by atomic mass is 14.7. The number of nitrogens with zero attached hydrogens (tertiary/aromatic N) is 1. The van der Waals surface area contributed by atoms with Crippen LogP contribution in [0.3, 0.4) is 0 Å². The van der Waals surface area contributed by atoms with E-state index in [0.29, 0.717) is 5.92 Å². The van der Waals surface area contributed by atoms with E-state index in [4.69, 9.17) is 0 Å². The summed E-state index contributed by atoms with van der Waals surface area (Å²) >= 11 is 0. The molecule has 0 bridgehead atoms. The van der Waals surface area contributed by atoms with Gasteiger partial charge in [0.05, 0.1) is 5.35 Å². The van der Waals surface area contributed by atoms with Crippen LogP contribution in [0.15, 0.2) is 12.1 Å². The summed E-state index contributed by atoms with van der Waals surface area (Å²) in [6, 6.07) is 4.07. The molecular weight excluding hydrogens is 146 g/mol. The highest BCUT2D eigenvalue weighted by molar-refractivity contribution is 5.21. The molecule has 0 aliphatic carbocycles. The van der Waals surface area contributed by atoms with Crippen molar-refractivity contribution in [2.45, 2.75) is 26.7 Å². The molecule has 1 nitrogen and oxygen atoms in total. The van der Waals surface area contributed by atoms with Crippen molar-refractivity contribution in [3.05, 3.63) is 28.4 Å². The number of hydrogen-bond acceptors (Lipinski definition) is 1. The lowest BCUT2D eigenvalue weighted by Gasteiger charge is -2.02.